The summed E-state index contributed by atoms with van der Waals surface area (Å²) in [6, 6.07) is 4.79. The van der Waals surface area contributed by atoms with E-state index in [1.807, 2.05) is 6.92 Å². The molecule has 0 fully saturated rings. The van der Waals surface area contributed by atoms with Gasteiger partial charge < -0.3 is 16.0 Å². The van der Waals surface area contributed by atoms with Gasteiger partial charge in [0.15, 0.2) is 0 Å². The number of carbonyl (C=O) groups excluding carboxylic acids is 2. The Labute approximate surface area is 142 Å². The van der Waals surface area contributed by atoms with Gasteiger partial charge in [0.05, 0.1) is 0 Å². The first-order chi connectivity index (χ1) is 11.2. The highest BCUT2D eigenvalue weighted by atomic mass is 19.1. The lowest BCUT2D eigenvalue weighted by Crippen LogP contribution is -2.42. The van der Waals surface area contributed by atoms with E-state index in [2.05, 4.69) is 10.2 Å². The van der Waals surface area contributed by atoms with Crippen LogP contribution in [0.15, 0.2) is 18.2 Å². The highest BCUT2D eigenvalue weighted by molar-refractivity contribution is 5.81. The summed E-state index contributed by atoms with van der Waals surface area (Å²) >= 11 is 0. The number of nitrogens with two attached hydrogens (primary N) is 1. The van der Waals surface area contributed by atoms with Crippen molar-refractivity contribution in [3.63, 3.8) is 0 Å². The lowest BCUT2D eigenvalue weighted by molar-refractivity contribution is -0.127. The molecule has 0 spiro atoms. The van der Waals surface area contributed by atoms with Crippen LogP contribution >= 0.6 is 0 Å². The van der Waals surface area contributed by atoms with Gasteiger partial charge >= 0.3 is 0 Å². The van der Waals surface area contributed by atoms with Gasteiger partial charge in [-0.3, -0.25) is 9.59 Å². The molecule has 2 rings (SSSR count). The summed E-state index contributed by atoms with van der Waals surface area (Å²) in [6.45, 7) is 6.93. The molecule has 24 heavy (non-hydrogen) atoms. The van der Waals surface area contributed by atoms with E-state index in [1.165, 1.54) is 6.07 Å². The maximum Gasteiger partial charge on any atom is 0.223 e. The molecule has 1 aromatic rings. The average molecular weight is 335 g/mol. The number of hydrogen-bond donors (Lipinski definition) is 2. The number of benzene rings is 1. The number of anilines is 1. The number of nitrogens with one attached hydrogen (secondary N) is 1. The Morgan fingerprint density at radius 2 is 2.12 bits per heavy atom. The van der Waals surface area contributed by atoms with Gasteiger partial charge in [0.2, 0.25) is 11.8 Å². The molecule has 0 radical (unpaired) electrons. The number of fused-ring (bicyclic) bond motifs is 1. The van der Waals surface area contributed by atoms with Gasteiger partial charge in [-0.25, -0.2) is 4.39 Å². The van der Waals surface area contributed by atoms with Gasteiger partial charge in [0.25, 0.3) is 0 Å². The molecular weight excluding hydrogens is 309 g/mol. The van der Waals surface area contributed by atoms with Crippen LogP contribution in [0.25, 0.3) is 0 Å². The molecule has 1 aliphatic heterocycles. The quantitative estimate of drug-likeness (QED) is 0.800. The van der Waals surface area contributed by atoms with Crippen molar-refractivity contribution in [3.05, 3.63) is 29.6 Å². The molecule has 1 aromatic carbocycles. The second-order valence-electron chi connectivity index (χ2n) is 7.19. The molecule has 0 saturated heterocycles. The minimum absolute atomic E-state index is 0.0369. The topological polar surface area (TPSA) is 75.4 Å². The molecule has 132 valence electrons. The van der Waals surface area contributed by atoms with E-state index in [0.717, 1.165) is 24.2 Å². The highest BCUT2D eigenvalue weighted by Gasteiger charge is 2.26. The molecule has 1 aliphatic rings. The van der Waals surface area contributed by atoms with E-state index < -0.39 is 11.3 Å². The number of primary amides is 1. The van der Waals surface area contributed by atoms with Gasteiger partial charge in [-0.1, -0.05) is 13.8 Å². The third kappa shape index (κ3) is 4.46. The Balaban J connectivity index is 1.83. The largest absolute Gasteiger partial charge is 0.369 e. The summed E-state index contributed by atoms with van der Waals surface area (Å²) in [7, 11) is 0. The summed E-state index contributed by atoms with van der Waals surface area (Å²) in [5, 5.41) is 2.95. The normalized spacial score (nSPS) is 15.1. The highest BCUT2D eigenvalue weighted by Crippen LogP contribution is 2.28. The average Bonchev–Trinajstić information content (AvgIpc) is 2.87. The Kier molecular flexibility index (Phi) is 5.47. The van der Waals surface area contributed by atoms with Crippen LogP contribution in [-0.2, 0) is 16.0 Å². The number of nitrogens with zero attached hydrogens (tertiary/aromatic N) is 1. The predicted octanol–water partition coefficient (Wildman–Crippen LogP) is 1.98. The van der Waals surface area contributed by atoms with E-state index in [9.17, 15) is 14.0 Å². The summed E-state index contributed by atoms with van der Waals surface area (Å²) in [5.74, 6) is -0.700. The zero-order chi connectivity index (χ0) is 17.9. The van der Waals surface area contributed by atoms with Gasteiger partial charge in [-0.2, -0.15) is 0 Å². The van der Waals surface area contributed by atoms with Crippen LogP contribution in [-0.4, -0.2) is 30.9 Å². The van der Waals surface area contributed by atoms with Crippen LogP contribution in [0.3, 0.4) is 0 Å². The van der Waals surface area contributed by atoms with Crippen LogP contribution in [0.2, 0.25) is 0 Å². The maximum absolute atomic E-state index is 13.3. The second kappa shape index (κ2) is 7.20. The van der Waals surface area contributed by atoms with Gasteiger partial charge in [-0.15, -0.1) is 0 Å². The first-order valence-electron chi connectivity index (χ1n) is 8.31. The first-order valence-corrected chi connectivity index (χ1v) is 8.31. The molecule has 0 saturated carbocycles. The van der Waals surface area contributed by atoms with Crippen LogP contribution < -0.4 is 16.0 Å². The lowest BCUT2D eigenvalue weighted by atomic mass is 9.87. The number of carbonyl (C=O) groups is 2. The van der Waals surface area contributed by atoms with Crippen LogP contribution in [0.4, 0.5) is 10.1 Å². The minimum atomic E-state index is -0.682. The molecule has 2 amide bonds. The molecule has 0 aromatic heterocycles. The van der Waals surface area contributed by atoms with Crippen molar-refractivity contribution in [3.8, 4) is 0 Å². The van der Waals surface area contributed by atoms with Crippen molar-refractivity contribution in [1.29, 1.82) is 0 Å². The summed E-state index contributed by atoms with van der Waals surface area (Å²) in [4.78, 5) is 25.5. The summed E-state index contributed by atoms with van der Waals surface area (Å²) in [6.07, 6.45) is 1.51. The van der Waals surface area contributed by atoms with Crippen LogP contribution in [0.5, 0.6) is 0 Å². The van der Waals surface area contributed by atoms with Crippen molar-refractivity contribution in [1.82, 2.24) is 5.32 Å². The Morgan fingerprint density at radius 1 is 1.42 bits per heavy atom. The van der Waals surface area contributed by atoms with Crippen LogP contribution in [0.1, 0.15) is 39.2 Å². The monoisotopic (exact) mass is 335 g/mol. The number of halogens is 1. The van der Waals surface area contributed by atoms with Gasteiger partial charge in [0, 0.05) is 36.7 Å². The van der Waals surface area contributed by atoms with Crippen molar-refractivity contribution >= 4 is 17.5 Å². The summed E-state index contributed by atoms with van der Waals surface area (Å²) < 4.78 is 13.3. The molecule has 1 atom stereocenters. The van der Waals surface area contributed by atoms with Crippen LogP contribution in [0, 0.1) is 11.2 Å². The van der Waals surface area contributed by atoms with E-state index in [1.54, 1.807) is 26.0 Å². The smallest absolute Gasteiger partial charge is 0.223 e. The third-order valence-corrected chi connectivity index (χ3v) is 4.58. The molecule has 3 N–H and O–H groups in total. The standard InChI is InChI=1S/C18H26FN3O2/c1-12(21-16(23)6-8-18(2,3)17(20)24)11-22-9-7-13-10-14(19)4-5-15(13)22/h4-5,10,12H,6-9,11H2,1-3H3,(H2,20,24)(H,21,23)/t12-/m0/s1. The van der Waals surface area contributed by atoms with E-state index >= 15 is 0 Å². The van der Waals surface area contributed by atoms with E-state index in [-0.39, 0.29) is 24.2 Å². The molecule has 0 unspecified atom stereocenters. The molecule has 6 heteroatoms. The van der Waals surface area contributed by atoms with Crippen molar-refractivity contribution in [2.24, 2.45) is 11.1 Å². The zero-order valence-corrected chi connectivity index (χ0v) is 14.6. The molecular formula is C18H26FN3O2. The molecule has 0 aliphatic carbocycles. The first kappa shape index (κ1) is 18.2. The van der Waals surface area contributed by atoms with Crippen molar-refractivity contribution < 1.29 is 14.0 Å². The van der Waals surface area contributed by atoms with Gasteiger partial charge in [-0.05, 0) is 43.5 Å². The third-order valence-electron chi connectivity index (χ3n) is 4.58. The fraction of sp³-hybridized carbons (Fsp3) is 0.556. The lowest BCUT2D eigenvalue weighted by Gasteiger charge is -2.25. The molecule has 0 bridgehead atoms. The Bertz CT molecular complexity index is 631. The van der Waals surface area contributed by atoms with Crippen molar-refractivity contribution in [2.75, 3.05) is 18.0 Å². The Morgan fingerprint density at radius 3 is 2.79 bits per heavy atom. The minimum Gasteiger partial charge on any atom is -0.369 e. The van der Waals surface area contributed by atoms with E-state index in [4.69, 9.17) is 5.73 Å². The molecule has 1 heterocycles. The number of hydrogen-bond acceptors (Lipinski definition) is 3. The van der Waals surface area contributed by atoms with E-state index in [0.29, 0.717) is 13.0 Å². The molecule has 5 nitrogen and oxygen atoms in total. The maximum atomic E-state index is 13.3. The van der Waals surface area contributed by atoms with Gasteiger partial charge in [0.1, 0.15) is 5.82 Å². The zero-order valence-electron chi connectivity index (χ0n) is 14.6. The number of rotatable bonds is 7. The fourth-order valence-electron chi connectivity index (χ4n) is 2.90. The predicted molar refractivity (Wildman–Crippen MR) is 92.1 cm³/mol. The fourth-order valence-corrected chi connectivity index (χ4v) is 2.90. The number of amides is 2. The second-order valence-corrected chi connectivity index (χ2v) is 7.19. The summed E-state index contributed by atoms with van der Waals surface area (Å²) in [5.41, 5.74) is 6.68. The SMILES string of the molecule is C[C@@H](CN1CCc2cc(F)ccc21)NC(=O)CCC(C)(C)C(N)=O. The Hall–Kier alpha value is -2.11. The van der Waals surface area contributed by atoms with Crippen molar-refractivity contribution in [2.45, 2.75) is 46.1 Å².